The van der Waals surface area contributed by atoms with Gasteiger partial charge >= 0.3 is 0 Å². The van der Waals surface area contributed by atoms with Crippen LogP contribution < -0.4 is 5.32 Å². The second-order valence-electron chi connectivity index (χ2n) is 3.45. The first kappa shape index (κ1) is 13.8. The lowest BCUT2D eigenvalue weighted by Crippen LogP contribution is -2.25. The number of hydrogen-bond donors (Lipinski definition) is 1. The first-order chi connectivity index (χ1) is 8.22. The summed E-state index contributed by atoms with van der Waals surface area (Å²) >= 11 is 1.40. The van der Waals surface area contributed by atoms with Gasteiger partial charge < -0.3 is 5.32 Å². The van der Waals surface area contributed by atoms with Crippen LogP contribution in [0.15, 0.2) is 41.3 Å². The standard InChI is InChI=1S/C13H16FNOS/c1-2-3-4-9-15-13(16)10-17-12-7-5-11(14)6-8-12/h2-3,5-8H,4,9-10H2,1H3,(H,15,16)/b3-2+. The average Bonchev–Trinajstić information content (AvgIpc) is 2.34. The summed E-state index contributed by atoms with van der Waals surface area (Å²) in [6.07, 6.45) is 4.82. The van der Waals surface area contributed by atoms with Gasteiger partial charge in [-0.05, 0) is 37.6 Å². The maximum absolute atomic E-state index is 12.6. The summed E-state index contributed by atoms with van der Waals surface area (Å²) in [6.45, 7) is 2.61. The summed E-state index contributed by atoms with van der Waals surface area (Å²) in [4.78, 5) is 12.3. The summed E-state index contributed by atoms with van der Waals surface area (Å²) in [6, 6.07) is 6.14. The van der Waals surface area contributed by atoms with Gasteiger partial charge in [0.25, 0.3) is 0 Å². The number of carbonyl (C=O) groups is 1. The van der Waals surface area contributed by atoms with Crippen LogP contribution in [0.2, 0.25) is 0 Å². The van der Waals surface area contributed by atoms with E-state index in [0.29, 0.717) is 12.3 Å². The average molecular weight is 253 g/mol. The molecule has 0 atom stereocenters. The van der Waals surface area contributed by atoms with Gasteiger partial charge in [-0.15, -0.1) is 11.8 Å². The first-order valence-corrected chi connectivity index (χ1v) is 6.47. The number of amides is 1. The molecule has 0 saturated heterocycles. The van der Waals surface area contributed by atoms with Crippen molar-refractivity contribution in [2.75, 3.05) is 12.3 Å². The van der Waals surface area contributed by atoms with Gasteiger partial charge in [0, 0.05) is 11.4 Å². The molecule has 92 valence electrons. The quantitative estimate of drug-likeness (QED) is 0.480. The van der Waals surface area contributed by atoms with Crippen LogP contribution in [0.3, 0.4) is 0 Å². The molecule has 0 aliphatic heterocycles. The molecule has 17 heavy (non-hydrogen) atoms. The topological polar surface area (TPSA) is 29.1 Å². The lowest BCUT2D eigenvalue weighted by molar-refractivity contribution is -0.118. The molecule has 0 heterocycles. The van der Waals surface area contributed by atoms with Gasteiger partial charge in [-0.25, -0.2) is 4.39 Å². The van der Waals surface area contributed by atoms with Crippen LogP contribution in [0, 0.1) is 5.82 Å². The Bertz CT molecular complexity index is 376. The van der Waals surface area contributed by atoms with Crippen LogP contribution in [-0.4, -0.2) is 18.2 Å². The highest BCUT2D eigenvalue weighted by molar-refractivity contribution is 8.00. The Morgan fingerprint density at radius 3 is 2.76 bits per heavy atom. The maximum atomic E-state index is 12.6. The van der Waals surface area contributed by atoms with Crippen LogP contribution in [0.5, 0.6) is 0 Å². The fourth-order valence-electron chi connectivity index (χ4n) is 1.19. The van der Waals surface area contributed by atoms with E-state index in [2.05, 4.69) is 5.32 Å². The number of allylic oxidation sites excluding steroid dienone is 1. The van der Waals surface area contributed by atoms with Gasteiger partial charge in [-0.1, -0.05) is 12.2 Å². The lowest BCUT2D eigenvalue weighted by Gasteiger charge is -2.03. The molecule has 2 nitrogen and oxygen atoms in total. The Labute approximate surface area is 105 Å². The predicted octanol–water partition coefficient (Wildman–Crippen LogP) is 3.00. The minimum absolute atomic E-state index is 0.00354. The highest BCUT2D eigenvalue weighted by atomic mass is 32.2. The normalized spacial score (nSPS) is 10.7. The van der Waals surface area contributed by atoms with Gasteiger partial charge in [0.1, 0.15) is 5.82 Å². The monoisotopic (exact) mass is 253 g/mol. The van der Waals surface area contributed by atoms with Crippen molar-refractivity contribution in [3.05, 3.63) is 42.2 Å². The van der Waals surface area contributed by atoms with Crippen molar-refractivity contribution in [2.24, 2.45) is 0 Å². The van der Waals surface area contributed by atoms with E-state index in [4.69, 9.17) is 0 Å². The maximum Gasteiger partial charge on any atom is 0.230 e. The fraction of sp³-hybridized carbons (Fsp3) is 0.308. The third-order valence-corrected chi connectivity index (χ3v) is 3.06. The van der Waals surface area contributed by atoms with Crippen LogP contribution in [-0.2, 0) is 4.79 Å². The van der Waals surface area contributed by atoms with Crippen LogP contribution >= 0.6 is 11.8 Å². The second-order valence-corrected chi connectivity index (χ2v) is 4.50. The van der Waals surface area contributed by atoms with Gasteiger partial charge in [0.15, 0.2) is 0 Å². The zero-order valence-corrected chi connectivity index (χ0v) is 10.6. The van der Waals surface area contributed by atoms with Crippen molar-refractivity contribution in [1.29, 1.82) is 0 Å². The van der Waals surface area contributed by atoms with Crippen molar-refractivity contribution >= 4 is 17.7 Å². The third-order valence-electron chi connectivity index (χ3n) is 2.05. The van der Waals surface area contributed by atoms with E-state index in [1.54, 1.807) is 12.1 Å². The lowest BCUT2D eigenvalue weighted by atomic mass is 10.4. The zero-order valence-electron chi connectivity index (χ0n) is 9.78. The minimum Gasteiger partial charge on any atom is -0.355 e. The smallest absolute Gasteiger partial charge is 0.230 e. The van der Waals surface area contributed by atoms with Crippen molar-refractivity contribution in [3.63, 3.8) is 0 Å². The molecular weight excluding hydrogens is 237 g/mol. The van der Waals surface area contributed by atoms with Gasteiger partial charge in [-0.2, -0.15) is 0 Å². The van der Waals surface area contributed by atoms with Crippen molar-refractivity contribution < 1.29 is 9.18 Å². The Morgan fingerprint density at radius 1 is 1.41 bits per heavy atom. The van der Waals surface area contributed by atoms with E-state index >= 15 is 0 Å². The van der Waals surface area contributed by atoms with E-state index < -0.39 is 0 Å². The number of nitrogens with one attached hydrogen (secondary N) is 1. The summed E-state index contributed by atoms with van der Waals surface area (Å²) in [7, 11) is 0. The fourth-order valence-corrected chi connectivity index (χ4v) is 1.92. The molecule has 1 aromatic rings. The van der Waals surface area contributed by atoms with E-state index in [1.165, 1.54) is 23.9 Å². The number of hydrogen-bond acceptors (Lipinski definition) is 2. The number of benzene rings is 1. The molecule has 0 aromatic heterocycles. The molecular formula is C13H16FNOS. The molecule has 0 saturated carbocycles. The predicted molar refractivity (Wildman–Crippen MR) is 69.6 cm³/mol. The second kappa shape index (κ2) is 7.90. The highest BCUT2D eigenvalue weighted by Gasteiger charge is 2.01. The Balaban J connectivity index is 2.21. The molecule has 0 aliphatic rings. The van der Waals surface area contributed by atoms with E-state index in [-0.39, 0.29) is 11.7 Å². The largest absolute Gasteiger partial charge is 0.355 e. The molecule has 0 unspecified atom stereocenters. The molecule has 0 fully saturated rings. The first-order valence-electron chi connectivity index (χ1n) is 5.48. The number of halogens is 1. The molecule has 0 aliphatic carbocycles. The Hall–Kier alpha value is -1.29. The molecule has 0 radical (unpaired) electrons. The summed E-state index contributed by atoms with van der Waals surface area (Å²) in [5, 5.41) is 2.81. The molecule has 1 amide bonds. The number of thioether (sulfide) groups is 1. The van der Waals surface area contributed by atoms with Crippen molar-refractivity contribution in [2.45, 2.75) is 18.2 Å². The molecule has 0 spiro atoms. The van der Waals surface area contributed by atoms with E-state index in [1.807, 2.05) is 19.1 Å². The minimum atomic E-state index is -0.259. The molecule has 1 rings (SSSR count). The van der Waals surface area contributed by atoms with Gasteiger partial charge in [-0.3, -0.25) is 4.79 Å². The molecule has 1 aromatic carbocycles. The molecule has 4 heteroatoms. The summed E-state index contributed by atoms with van der Waals surface area (Å²) < 4.78 is 12.6. The molecule has 0 bridgehead atoms. The van der Waals surface area contributed by atoms with Crippen molar-refractivity contribution in [1.82, 2.24) is 5.32 Å². The summed E-state index contributed by atoms with van der Waals surface area (Å²) in [5.41, 5.74) is 0. The van der Waals surface area contributed by atoms with E-state index in [0.717, 1.165) is 11.3 Å². The SMILES string of the molecule is C/C=C/CCNC(=O)CSc1ccc(F)cc1. The van der Waals surface area contributed by atoms with Gasteiger partial charge in [0.2, 0.25) is 5.91 Å². The van der Waals surface area contributed by atoms with Crippen LogP contribution in [0.1, 0.15) is 13.3 Å². The molecule has 1 N–H and O–H groups in total. The number of rotatable bonds is 6. The summed E-state index contributed by atoms with van der Waals surface area (Å²) in [5.74, 6) is 0.107. The number of carbonyl (C=O) groups excluding carboxylic acids is 1. The van der Waals surface area contributed by atoms with Crippen molar-refractivity contribution in [3.8, 4) is 0 Å². The Kier molecular flexibility index (Phi) is 6.40. The highest BCUT2D eigenvalue weighted by Crippen LogP contribution is 2.17. The van der Waals surface area contributed by atoms with Gasteiger partial charge in [0.05, 0.1) is 5.75 Å². The van der Waals surface area contributed by atoms with Crippen LogP contribution in [0.25, 0.3) is 0 Å². The Morgan fingerprint density at radius 2 is 2.12 bits per heavy atom. The van der Waals surface area contributed by atoms with Crippen LogP contribution in [0.4, 0.5) is 4.39 Å². The zero-order chi connectivity index (χ0) is 12.5. The third kappa shape index (κ3) is 6.12. The van der Waals surface area contributed by atoms with E-state index in [9.17, 15) is 9.18 Å².